The van der Waals surface area contributed by atoms with Crippen molar-refractivity contribution in [3.63, 3.8) is 0 Å². The van der Waals surface area contributed by atoms with E-state index in [1.165, 1.54) is 11.3 Å². The lowest BCUT2D eigenvalue weighted by Crippen LogP contribution is -2.06. The fourth-order valence-electron chi connectivity index (χ4n) is 2.34. The van der Waals surface area contributed by atoms with Gasteiger partial charge in [0.05, 0.1) is 13.1 Å². The number of aromatic nitrogens is 4. The van der Waals surface area contributed by atoms with E-state index in [9.17, 15) is 0 Å². The zero-order valence-corrected chi connectivity index (χ0v) is 12.1. The Morgan fingerprint density at radius 1 is 1.14 bits per heavy atom. The van der Waals surface area contributed by atoms with Crippen LogP contribution in [-0.4, -0.2) is 19.3 Å². The normalized spacial score (nSPS) is 10.7. The predicted octanol–water partition coefficient (Wildman–Crippen LogP) is 2.76. The van der Waals surface area contributed by atoms with Crippen molar-refractivity contribution >= 4 is 5.69 Å². The van der Waals surface area contributed by atoms with E-state index in [1.807, 2.05) is 4.68 Å². The van der Waals surface area contributed by atoms with Crippen LogP contribution in [0.3, 0.4) is 0 Å². The van der Waals surface area contributed by atoms with E-state index in [-0.39, 0.29) is 0 Å². The van der Waals surface area contributed by atoms with Crippen LogP contribution in [0.4, 0.5) is 5.69 Å². The van der Waals surface area contributed by atoms with Crippen LogP contribution in [0.1, 0.15) is 18.2 Å². The molecule has 5 nitrogen and oxygen atoms in total. The molecular weight excluding hydrogens is 262 g/mol. The maximum absolute atomic E-state index is 4.11. The molecule has 1 N–H and O–H groups in total. The van der Waals surface area contributed by atoms with Crippen LogP contribution in [0, 0.1) is 0 Å². The summed E-state index contributed by atoms with van der Waals surface area (Å²) < 4.78 is 4.06. The lowest BCUT2D eigenvalue weighted by molar-refractivity contribution is 0.685. The smallest absolute Gasteiger partial charge is 0.137 e. The van der Waals surface area contributed by atoms with E-state index in [2.05, 4.69) is 69.5 Å². The first-order chi connectivity index (χ1) is 10.3. The Bertz CT molecular complexity index is 667. The van der Waals surface area contributed by atoms with Crippen molar-refractivity contribution in [3.8, 4) is 0 Å². The van der Waals surface area contributed by atoms with Gasteiger partial charge in [-0.25, -0.2) is 9.67 Å². The monoisotopic (exact) mass is 281 g/mol. The summed E-state index contributed by atoms with van der Waals surface area (Å²) in [5.41, 5.74) is 3.63. The van der Waals surface area contributed by atoms with Gasteiger partial charge in [-0.2, -0.15) is 5.10 Å². The molecular formula is C16H19N5. The fraction of sp³-hybridized carbons (Fsp3) is 0.250. The number of hydrogen-bond donors (Lipinski definition) is 1. The highest BCUT2D eigenvalue weighted by Gasteiger charge is 2.00. The minimum atomic E-state index is 0.749. The fourth-order valence-corrected chi connectivity index (χ4v) is 2.34. The summed E-state index contributed by atoms with van der Waals surface area (Å²) in [6.45, 7) is 4.74. The average molecular weight is 281 g/mol. The van der Waals surface area contributed by atoms with Crippen LogP contribution in [0.25, 0.3) is 0 Å². The maximum Gasteiger partial charge on any atom is 0.137 e. The van der Waals surface area contributed by atoms with Gasteiger partial charge >= 0.3 is 0 Å². The second-order valence-electron chi connectivity index (χ2n) is 4.93. The van der Waals surface area contributed by atoms with Crippen LogP contribution in [0.2, 0.25) is 0 Å². The summed E-state index contributed by atoms with van der Waals surface area (Å²) in [7, 11) is 0. The van der Waals surface area contributed by atoms with Crippen LogP contribution in [0.15, 0.2) is 55.2 Å². The molecule has 3 aromatic rings. The Balaban J connectivity index is 1.59. The van der Waals surface area contributed by atoms with Gasteiger partial charge in [0.25, 0.3) is 0 Å². The third-order valence-electron chi connectivity index (χ3n) is 3.50. The molecule has 21 heavy (non-hydrogen) atoms. The van der Waals surface area contributed by atoms with Crippen molar-refractivity contribution in [1.82, 2.24) is 19.3 Å². The van der Waals surface area contributed by atoms with Crippen LogP contribution < -0.4 is 5.32 Å². The van der Waals surface area contributed by atoms with Gasteiger partial charge in [0, 0.05) is 24.1 Å². The van der Waals surface area contributed by atoms with Gasteiger partial charge in [0.1, 0.15) is 12.7 Å². The first-order valence-electron chi connectivity index (χ1n) is 7.14. The molecule has 0 radical (unpaired) electrons. The highest BCUT2D eigenvalue weighted by atomic mass is 15.3. The lowest BCUT2D eigenvalue weighted by atomic mass is 10.2. The van der Waals surface area contributed by atoms with E-state index in [0.29, 0.717) is 0 Å². The highest BCUT2D eigenvalue weighted by molar-refractivity contribution is 5.44. The first-order valence-corrected chi connectivity index (χ1v) is 7.14. The molecule has 0 saturated heterocycles. The van der Waals surface area contributed by atoms with E-state index in [4.69, 9.17) is 0 Å². The van der Waals surface area contributed by atoms with Gasteiger partial charge in [0.2, 0.25) is 0 Å². The second-order valence-corrected chi connectivity index (χ2v) is 4.93. The van der Waals surface area contributed by atoms with Gasteiger partial charge in [-0.05, 0) is 36.8 Å². The van der Waals surface area contributed by atoms with Crippen LogP contribution in [0.5, 0.6) is 0 Å². The molecule has 0 amide bonds. The minimum Gasteiger partial charge on any atom is -0.379 e. The second kappa shape index (κ2) is 6.26. The molecule has 0 bridgehead atoms. The summed E-state index contributed by atoms with van der Waals surface area (Å²) in [5, 5.41) is 7.56. The van der Waals surface area contributed by atoms with Crippen molar-refractivity contribution in [3.05, 3.63) is 66.5 Å². The third-order valence-corrected chi connectivity index (χ3v) is 3.50. The Labute approximate surface area is 124 Å². The molecule has 1 aromatic carbocycles. The average Bonchev–Trinajstić information content (AvgIpc) is 3.17. The molecule has 0 unspecified atom stereocenters. The van der Waals surface area contributed by atoms with Gasteiger partial charge in [-0.3, -0.25) is 0 Å². The Morgan fingerprint density at radius 3 is 2.71 bits per heavy atom. The minimum absolute atomic E-state index is 0.749. The molecule has 108 valence electrons. The highest BCUT2D eigenvalue weighted by Crippen LogP contribution is 2.12. The molecule has 0 atom stereocenters. The van der Waals surface area contributed by atoms with E-state index < -0.39 is 0 Å². The number of hydrogen-bond acceptors (Lipinski definition) is 3. The molecule has 0 aliphatic heterocycles. The Hall–Kier alpha value is -2.56. The molecule has 0 aliphatic carbocycles. The molecule has 0 aliphatic rings. The van der Waals surface area contributed by atoms with Crippen LogP contribution >= 0.6 is 0 Å². The summed E-state index contributed by atoms with van der Waals surface area (Å²) in [6, 6.07) is 12.7. The molecule has 0 saturated carbocycles. The summed E-state index contributed by atoms with van der Waals surface area (Å²) in [6.07, 6.45) is 5.39. The van der Waals surface area contributed by atoms with E-state index >= 15 is 0 Å². The standard InChI is InChI=1S/C16H19N5/c1-2-20-9-3-4-16(20)10-18-15-7-5-14(6-8-15)11-21-13-17-12-19-21/h3-9,12-13,18H,2,10-11H2,1H3. The number of rotatable bonds is 6. The molecule has 3 rings (SSSR count). The number of nitrogens with one attached hydrogen (secondary N) is 1. The molecule has 2 heterocycles. The zero-order valence-electron chi connectivity index (χ0n) is 12.1. The van der Waals surface area contributed by atoms with Crippen molar-refractivity contribution in [2.45, 2.75) is 26.6 Å². The van der Waals surface area contributed by atoms with Gasteiger partial charge < -0.3 is 9.88 Å². The summed E-state index contributed by atoms with van der Waals surface area (Å²) in [4.78, 5) is 3.95. The quantitative estimate of drug-likeness (QED) is 0.756. The maximum atomic E-state index is 4.11. The molecule has 0 fully saturated rings. The lowest BCUT2D eigenvalue weighted by Gasteiger charge is -2.10. The number of anilines is 1. The van der Waals surface area contributed by atoms with E-state index in [0.717, 1.165) is 25.3 Å². The molecule has 0 spiro atoms. The van der Waals surface area contributed by atoms with Gasteiger partial charge in [0.15, 0.2) is 0 Å². The Kier molecular flexibility index (Phi) is 4.00. The van der Waals surface area contributed by atoms with Crippen molar-refractivity contribution < 1.29 is 0 Å². The summed E-state index contributed by atoms with van der Waals surface area (Å²) in [5.74, 6) is 0. The third kappa shape index (κ3) is 3.31. The SMILES string of the molecule is CCn1cccc1CNc1ccc(Cn2cncn2)cc1. The van der Waals surface area contributed by atoms with Crippen LogP contribution in [-0.2, 0) is 19.6 Å². The number of nitrogens with zero attached hydrogens (tertiary/aromatic N) is 4. The largest absolute Gasteiger partial charge is 0.379 e. The first kappa shape index (κ1) is 13.4. The van der Waals surface area contributed by atoms with Crippen molar-refractivity contribution in [2.75, 3.05) is 5.32 Å². The number of benzene rings is 1. The Morgan fingerprint density at radius 2 is 2.00 bits per heavy atom. The topological polar surface area (TPSA) is 47.7 Å². The van der Waals surface area contributed by atoms with E-state index in [1.54, 1.807) is 12.7 Å². The predicted molar refractivity (Wildman–Crippen MR) is 83.0 cm³/mol. The zero-order chi connectivity index (χ0) is 14.5. The molecule has 5 heteroatoms. The van der Waals surface area contributed by atoms with Crippen molar-refractivity contribution in [2.24, 2.45) is 0 Å². The summed E-state index contributed by atoms with van der Waals surface area (Å²) >= 11 is 0. The van der Waals surface area contributed by atoms with Gasteiger partial charge in [-0.1, -0.05) is 12.1 Å². The van der Waals surface area contributed by atoms with Crippen molar-refractivity contribution in [1.29, 1.82) is 0 Å². The number of aryl methyl sites for hydroxylation is 1. The molecule has 2 aromatic heterocycles. The van der Waals surface area contributed by atoms with Gasteiger partial charge in [-0.15, -0.1) is 0 Å².